The standard InChI is InChI=1S/C13H18NO2/c1-3-4-5-9-16-13-8-6-7-12(10-13)14-11(2)15/h6-10H,3-5H2,1-2H3,(H,14,15). The van der Waals surface area contributed by atoms with Crippen LogP contribution in [0.25, 0.3) is 0 Å². The summed E-state index contributed by atoms with van der Waals surface area (Å²) in [6, 6.07) is 7.37. The number of amides is 1. The number of carbonyl (C=O) groups excluding carboxylic acids is 1. The van der Waals surface area contributed by atoms with E-state index in [0.717, 1.165) is 30.7 Å². The molecule has 0 bridgehead atoms. The van der Waals surface area contributed by atoms with E-state index < -0.39 is 0 Å². The van der Waals surface area contributed by atoms with E-state index in [1.807, 2.05) is 24.3 Å². The van der Waals surface area contributed by atoms with Crippen LogP contribution in [0, 0.1) is 6.61 Å². The molecule has 0 fully saturated rings. The lowest BCUT2D eigenvalue weighted by Gasteiger charge is -2.07. The minimum absolute atomic E-state index is 0.0767. The molecule has 1 rings (SSSR count). The summed E-state index contributed by atoms with van der Waals surface area (Å²) in [7, 11) is 0. The molecule has 0 spiro atoms. The van der Waals surface area contributed by atoms with Crippen LogP contribution in [0.15, 0.2) is 24.3 Å². The van der Waals surface area contributed by atoms with Crippen LogP contribution >= 0.6 is 0 Å². The molecule has 0 atom stereocenters. The summed E-state index contributed by atoms with van der Waals surface area (Å²) < 4.78 is 5.45. The van der Waals surface area contributed by atoms with Crippen LogP contribution in [-0.2, 0) is 4.79 Å². The van der Waals surface area contributed by atoms with Crippen LogP contribution in [0.1, 0.15) is 33.1 Å². The highest BCUT2D eigenvalue weighted by Gasteiger charge is 1.98. The molecule has 0 aromatic heterocycles. The molecule has 1 amide bonds. The van der Waals surface area contributed by atoms with Gasteiger partial charge in [0, 0.05) is 18.7 Å². The van der Waals surface area contributed by atoms with Gasteiger partial charge in [0.25, 0.3) is 0 Å². The van der Waals surface area contributed by atoms with E-state index in [-0.39, 0.29) is 5.91 Å². The van der Waals surface area contributed by atoms with Crippen LogP contribution in [0.4, 0.5) is 5.69 Å². The fraction of sp³-hybridized carbons (Fsp3) is 0.385. The number of anilines is 1. The van der Waals surface area contributed by atoms with E-state index in [0.29, 0.717) is 0 Å². The van der Waals surface area contributed by atoms with Gasteiger partial charge in [-0.2, -0.15) is 0 Å². The molecule has 1 N–H and O–H groups in total. The number of rotatable bonds is 6. The van der Waals surface area contributed by atoms with Crippen LogP contribution in [-0.4, -0.2) is 5.91 Å². The third-order valence-corrected chi connectivity index (χ3v) is 2.05. The first kappa shape index (κ1) is 12.6. The smallest absolute Gasteiger partial charge is 0.221 e. The van der Waals surface area contributed by atoms with Gasteiger partial charge in [-0.1, -0.05) is 19.4 Å². The van der Waals surface area contributed by atoms with Crippen LogP contribution in [0.2, 0.25) is 0 Å². The van der Waals surface area contributed by atoms with E-state index in [4.69, 9.17) is 4.74 Å². The second-order valence-electron chi connectivity index (χ2n) is 3.64. The maximum atomic E-state index is 10.9. The van der Waals surface area contributed by atoms with Crippen molar-refractivity contribution >= 4 is 11.6 Å². The molecule has 0 aliphatic rings. The van der Waals surface area contributed by atoms with E-state index in [2.05, 4.69) is 12.2 Å². The normalized spacial score (nSPS) is 9.88. The predicted octanol–water partition coefficient (Wildman–Crippen LogP) is 3.38. The van der Waals surface area contributed by atoms with Gasteiger partial charge < -0.3 is 10.1 Å². The molecular weight excluding hydrogens is 202 g/mol. The Morgan fingerprint density at radius 3 is 3.00 bits per heavy atom. The summed E-state index contributed by atoms with van der Waals surface area (Å²) in [4.78, 5) is 10.9. The predicted molar refractivity (Wildman–Crippen MR) is 65.2 cm³/mol. The average Bonchev–Trinajstić information content (AvgIpc) is 2.24. The molecule has 87 valence electrons. The van der Waals surface area contributed by atoms with E-state index in [1.165, 1.54) is 6.92 Å². The SMILES string of the molecule is CCCC[CH]Oc1cccc(NC(C)=O)c1. The highest BCUT2D eigenvalue weighted by Crippen LogP contribution is 2.18. The van der Waals surface area contributed by atoms with Gasteiger partial charge in [-0.15, -0.1) is 0 Å². The number of benzene rings is 1. The Balaban J connectivity index is 2.44. The van der Waals surface area contributed by atoms with Gasteiger partial charge in [-0.3, -0.25) is 4.79 Å². The van der Waals surface area contributed by atoms with Crippen molar-refractivity contribution < 1.29 is 9.53 Å². The number of hydrogen-bond donors (Lipinski definition) is 1. The van der Waals surface area contributed by atoms with Gasteiger partial charge in [-0.25, -0.2) is 0 Å². The van der Waals surface area contributed by atoms with Gasteiger partial charge in [0.15, 0.2) is 0 Å². The molecule has 0 aliphatic heterocycles. The molecule has 3 heteroatoms. The summed E-state index contributed by atoms with van der Waals surface area (Å²) in [5, 5.41) is 2.71. The van der Waals surface area contributed by atoms with Crippen molar-refractivity contribution in [2.45, 2.75) is 33.1 Å². The Morgan fingerprint density at radius 2 is 2.31 bits per heavy atom. The van der Waals surface area contributed by atoms with Gasteiger partial charge in [0.1, 0.15) is 12.4 Å². The molecule has 1 aromatic carbocycles. The number of nitrogens with one attached hydrogen (secondary N) is 1. The molecule has 0 unspecified atom stereocenters. The lowest BCUT2D eigenvalue weighted by molar-refractivity contribution is -0.114. The molecular formula is C13H18NO2. The molecule has 0 aliphatic carbocycles. The maximum absolute atomic E-state index is 10.9. The first-order valence-corrected chi connectivity index (χ1v) is 5.58. The molecule has 0 saturated heterocycles. The summed E-state index contributed by atoms with van der Waals surface area (Å²) in [5.41, 5.74) is 0.758. The first-order chi connectivity index (χ1) is 7.72. The van der Waals surface area contributed by atoms with Crippen LogP contribution in [0.5, 0.6) is 5.75 Å². The topological polar surface area (TPSA) is 38.3 Å². The number of ether oxygens (including phenoxy) is 1. The van der Waals surface area contributed by atoms with Gasteiger partial charge >= 0.3 is 0 Å². The highest BCUT2D eigenvalue weighted by atomic mass is 16.5. The zero-order valence-corrected chi connectivity index (χ0v) is 9.82. The zero-order chi connectivity index (χ0) is 11.8. The summed E-state index contributed by atoms with van der Waals surface area (Å²) in [6.45, 7) is 5.43. The Bertz CT molecular complexity index is 336. The Hall–Kier alpha value is -1.51. The van der Waals surface area contributed by atoms with Crippen molar-refractivity contribution in [1.82, 2.24) is 0 Å². The molecule has 0 heterocycles. The minimum Gasteiger partial charge on any atom is -0.486 e. The zero-order valence-electron chi connectivity index (χ0n) is 9.82. The van der Waals surface area contributed by atoms with E-state index >= 15 is 0 Å². The number of carbonyl (C=O) groups is 1. The van der Waals surface area contributed by atoms with Crippen molar-refractivity contribution in [3.63, 3.8) is 0 Å². The highest BCUT2D eigenvalue weighted by molar-refractivity contribution is 5.88. The lowest BCUT2D eigenvalue weighted by atomic mass is 10.2. The van der Waals surface area contributed by atoms with E-state index in [1.54, 1.807) is 6.61 Å². The van der Waals surface area contributed by atoms with E-state index in [9.17, 15) is 4.79 Å². The fourth-order valence-electron chi connectivity index (χ4n) is 1.29. The quantitative estimate of drug-likeness (QED) is 0.746. The van der Waals surface area contributed by atoms with Crippen molar-refractivity contribution in [2.75, 3.05) is 5.32 Å². The van der Waals surface area contributed by atoms with Gasteiger partial charge in [0.05, 0.1) is 0 Å². The van der Waals surface area contributed by atoms with Gasteiger partial charge in [0.2, 0.25) is 5.91 Å². The van der Waals surface area contributed by atoms with Crippen molar-refractivity contribution in [3.8, 4) is 5.75 Å². The summed E-state index contributed by atoms with van der Waals surface area (Å²) >= 11 is 0. The van der Waals surface area contributed by atoms with Gasteiger partial charge in [-0.05, 0) is 25.0 Å². The minimum atomic E-state index is -0.0767. The third-order valence-electron chi connectivity index (χ3n) is 2.05. The molecule has 1 aromatic rings. The maximum Gasteiger partial charge on any atom is 0.221 e. The molecule has 16 heavy (non-hydrogen) atoms. The number of unbranched alkanes of at least 4 members (excludes halogenated alkanes) is 2. The largest absolute Gasteiger partial charge is 0.486 e. The first-order valence-electron chi connectivity index (χ1n) is 5.58. The van der Waals surface area contributed by atoms with Crippen molar-refractivity contribution in [3.05, 3.63) is 30.9 Å². The molecule has 1 radical (unpaired) electrons. The fourth-order valence-corrected chi connectivity index (χ4v) is 1.29. The van der Waals surface area contributed by atoms with Crippen molar-refractivity contribution in [2.24, 2.45) is 0 Å². The monoisotopic (exact) mass is 220 g/mol. The second-order valence-corrected chi connectivity index (χ2v) is 3.64. The summed E-state index contributed by atoms with van der Waals surface area (Å²) in [6.07, 6.45) is 3.23. The van der Waals surface area contributed by atoms with Crippen LogP contribution < -0.4 is 10.1 Å². The summed E-state index contributed by atoms with van der Waals surface area (Å²) in [5.74, 6) is 0.675. The number of hydrogen-bond acceptors (Lipinski definition) is 2. The third kappa shape index (κ3) is 4.82. The Morgan fingerprint density at radius 1 is 1.50 bits per heavy atom. The van der Waals surface area contributed by atoms with Crippen LogP contribution in [0.3, 0.4) is 0 Å². The molecule has 0 saturated carbocycles. The Kier molecular flexibility index (Phi) is 5.40. The average molecular weight is 220 g/mol. The Labute approximate surface area is 96.8 Å². The second kappa shape index (κ2) is 6.88. The van der Waals surface area contributed by atoms with Crippen molar-refractivity contribution in [1.29, 1.82) is 0 Å². The molecule has 3 nitrogen and oxygen atoms in total. The lowest BCUT2D eigenvalue weighted by Crippen LogP contribution is -2.05.